The first-order chi connectivity index (χ1) is 12.5. The fourth-order valence-electron chi connectivity index (χ4n) is 2.53. The Morgan fingerprint density at radius 3 is 2.92 bits per heavy atom. The van der Waals surface area contributed by atoms with E-state index in [4.69, 9.17) is 11.7 Å². The third kappa shape index (κ3) is 3.66. The highest BCUT2D eigenvalue weighted by molar-refractivity contribution is 7.92. The van der Waals surface area contributed by atoms with Gasteiger partial charge < -0.3 is 0 Å². The van der Waals surface area contributed by atoms with Gasteiger partial charge in [0, 0.05) is 23.9 Å². The van der Waals surface area contributed by atoms with E-state index in [0.29, 0.717) is 35.4 Å². The van der Waals surface area contributed by atoms with Crippen molar-refractivity contribution in [2.45, 2.75) is 12.8 Å². The first kappa shape index (κ1) is 17.5. The van der Waals surface area contributed by atoms with E-state index in [-0.39, 0.29) is 5.75 Å². The Kier molecular flexibility index (Phi) is 4.87. The maximum absolute atomic E-state index is 12.1. The van der Waals surface area contributed by atoms with Crippen LogP contribution in [0.4, 0.5) is 5.69 Å². The minimum Gasteiger partial charge on any atom is -0.284 e. The molecule has 0 atom stereocenters. The molecule has 0 amide bonds. The molecule has 0 saturated heterocycles. The lowest BCUT2D eigenvalue weighted by Gasteiger charge is -2.10. The number of sulfonamides is 1. The Bertz CT molecular complexity index is 1140. The highest BCUT2D eigenvalue weighted by atomic mass is 32.2. The van der Waals surface area contributed by atoms with Crippen LogP contribution >= 0.6 is 0 Å². The van der Waals surface area contributed by atoms with Crippen molar-refractivity contribution < 1.29 is 8.42 Å². The zero-order chi connectivity index (χ0) is 18.6. The zero-order valence-electron chi connectivity index (χ0n) is 13.8. The number of fused-ring (bicyclic) bond motifs is 1. The first-order valence-corrected chi connectivity index (χ1v) is 9.46. The van der Waals surface area contributed by atoms with Crippen LogP contribution in [0.3, 0.4) is 0 Å². The van der Waals surface area contributed by atoms with Crippen molar-refractivity contribution in [3.05, 3.63) is 48.3 Å². The predicted octanol–water partition coefficient (Wildman–Crippen LogP) is 2.42. The van der Waals surface area contributed by atoms with Gasteiger partial charge in [0.15, 0.2) is 5.65 Å². The fraction of sp³-hybridized carbons (Fsp3) is 0.167. The van der Waals surface area contributed by atoms with E-state index in [0.717, 1.165) is 5.56 Å². The van der Waals surface area contributed by atoms with Crippen molar-refractivity contribution in [2.24, 2.45) is 0 Å². The van der Waals surface area contributed by atoms with Crippen LogP contribution in [0.15, 0.2) is 42.7 Å². The average Bonchev–Trinajstić information content (AvgIpc) is 3.05. The monoisotopic (exact) mass is 365 g/mol. The molecule has 0 spiro atoms. The summed E-state index contributed by atoms with van der Waals surface area (Å²) in [5.41, 5.74) is 2.71. The van der Waals surface area contributed by atoms with Crippen molar-refractivity contribution >= 4 is 21.4 Å². The lowest BCUT2D eigenvalue weighted by atomic mass is 10.1. The fourth-order valence-corrected chi connectivity index (χ4v) is 3.64. The number of nitrogens with one attached hydrogen (secondary N) is 1. The summed E-state index contributed by atoms with van der Waals surface area (Å²) in [7, 11) is -3.47. The van der Waals surface area contributed by atoms with Crippen LogP contribution in [0.5, 0.6) is 0 Å². The van der Waals surface area contributed by atoms with Crippen LogP contribution < -0.4 is 4.72 Å². The van der Waals surface area contributed by atoms with Gasteiger partial charge in [-0.25, -0.2) is 17.9 Å². The highest BCUT2D eigenvalue weighted by Gasteiger charge is 2.13. The van der Waals surface area contributed by atoms with Gasteiger partial charge >= 0.3 is 0 Å². The van der Waals surface area contributed by atoms with Crippen LogP contribution in [0.25, 0.3) is 16.9 Å². The standard InChI is InChI=1S/C18H15N5O2S/c1-2-3-4-10-26(24,25)22-16-7-5-6-14(11-16)17-8-9-20-18-15(12-19)13-21-23(17)18/h1,5-9,11,13,22H,3-4,10H2. The number of unbranched alkanes of at least 4 members (excludes halogenated alkanes) is 1. The molecule has 1 N–H and O–H groups in total. The smallest absolute Gasteiger partial charge is 0.232 e. The Morgan fingerprint density at radius 1 is 1.31 bits per heavy atom. The average molecular weight is 365 g/mol. The van der Waals surface area contributed by atoms with Crippen molar-refractivity contribution in [1.82, 2.24) is 14.6 Å². The van der Waals surface area contributed by atoms with E-state index >= 15 is 0 Å². The van der Waals surface area contributed by atoms with Crippen molar-refractivity contribution in [2.75, 3.05) is 10.5 Å². The quantitative estimate of drug-likeness (QED) is 0.534. The summed E-state index contributed by atoms with van der Waals surface area (Å²) in [5.74, 6) is 2.39. The lowest BCUT2D eigenvalue weighted by molar-refractivity contribution is 0.599. The molecular formula is C18H15N5O2S. The number of hydrogen-bond donors (Lipinski definition) is 1. The summed E-state index contributed by atoms with van der Waals surface area (Å²) >= 11 is 0. The Labute approximate surface area is 151 Å². The number of rotatable bonds is 6. The molecule has 2 heterocycles. The summed E-state index contributed by atoms with van der Waals surface area (Å²) in [6.07, 6.45) is 9.01. The third-order valence-corrected chi connectivity index (χ3v) is 5.06. The van der Waals surface area contributed by atoms with Crippen LogP contribution in [0, 0.1) is 23.7 Å². The molecule has 3 aromatic rings. The van der Waals surface area contributed by atoms with Gasteiger partial charge in [-0.05, 0) is 24.6 Å². The molecule has 0 radical (unpaired) electrons. The lowest BCUT2D eigenvalue weighted by Crippen LogP contribution is -2.16. The highest BCUT2D eigenvalue weighted by Crippen LogP contribution is 2.24. The van der Waals surface area contributed by atoms with Gasteiger partial charge in [-0.3, -0.25) is 4.72 Å². The van der Waals surface area contributed by atoms with Gasteiger partial charge in [-0.15, -0.1) is 12.3 Å². The zero-order valence-corrected chi connectivity index (χ0v) is 14.6. The summed E-state index contributed by atoms with van der Waals surface area (Å²) in [6, 6.07) is 10.8. The molecule has 3 rings (SSSR count). The largest absolute Gasteiger partial charge is 0.284 e. The second kappa shape index (κ2) is 7.26. The van der Waals surface area contributed by atoms with Crippen LogP contribution in [-0.4, -0.2) is 28.8 Å². The van der Waals surface area contributed by atoms with E-state index in [1.54, 1.807) is 35.0 Å². The molecule has 1 aromatic carbocycles. The number of nitrogens with zero attached hydrogens (tertiary/aromatic N) is 4. The number of hydrogen-bond acceptors (Lipinski definition) is 5. The summed E-state index contributed by atoms with van der Waals surface area (Å²) < 4.78 is 28.4. The van der Waals surface area contributed by atoms with Crippen LogP contribution in [0.1, 0.15) is 18.4 Å². The second-order valence-corrected chi connectivity index (χ2v) is 7.39. The molecule has 130 valence electrons. The molecule has 0 aliphatic carbocycles. The third-order valence-electron chi connectivity index (χ3n) is 3.69. The topological polar surface area (TPSA) is 100 Å². The maximum Gasteiger partial charge on any atom is 0.232 e. The Balaban J connectivity index is 1.93. The number of anilines is 1. The van der Waals surface area contributed by atoms with Crippen LogP contribution in [0.2, 0.25) is 0 Å². The molecular weight excluding hydrogens is 350 g/mol. The normalized spacial score (nSPS) is 11.0. The molecule has 0 unspecified atom stereocenters. The maximum atomic E-state index is 12.1. The van der Waals surface area contributed by atoms with E-state index in [1.807, 2.05) is 12.1 Å². The molecule has 0 aliphatic rings. The van der Waals surface area contributed by atoms with Crippen molar-refractivity contribution in [3.63, 3.8) is 0 Å². The molecule has 8 heteroatoms. The van der Waals surface area contributed by atoms with Crippen molar-refractivity contribution in [3.8, 4) is 29.7 Å². The summed E-state index contributed by atoms with van der Waals surface area (Å²) in [5, 5.41) is 13.3. The first-order valence-electron chi connectivity index (χ1n) is 7.81. The van der Waals surface area contributed by atoms with Crippen LogP contribution in [-0.2, 0) is 10.0 Å². The molecule has 7 nitrogen and oxygen atoms in total. The second-order valence-electron chi connectivity index (χ2n) is 5.54. The van der Waals surface area contributed by atoms with Gasteiger partial charge in [-0.1, -0.05) is 12.1 Å². The molecule has 0 saturated carbocycles. The minimum absolute atomic E-state index is 0.0361. The van der Waals surface area contributed by atoms with Gasteiger partial charge in [0.2, 0.25) is 10.0 Å². The minimum atomic E-state index is -3.47. The SMILES string of the molecule is C#CCCCS(=O)(=O)Nc1cccc(-c2ccnc3c(C#N)cnn23)c1. The Morgan fingerprint density at radius 2 is 2.15 bits per heavy atom. The summed E-state index contributed by atoms with van der Waals surface area (Å²) in [4.78, 5) is 4.17. The van der Waals surface area contributed by atoms with Gasteiger partial charge in [0.25, 0.3) is 0 Å². The number of terminal acetylenes is 1. The molecule has 2 aromatic heterocycles. The number of aromatic nitrogens is 3. The molecule has 26 heavy (non-hydrogen) atoms. The van der Waals surface area contributed by atoms with E-state index < -0.39 is 10.0 Å². The number of nitriles is 1. The molecule has 0 fully saturated rings. The van der Waals surface area contributed by atoms with E-state index in [2.05, 4.69) is 20.7 Å². The summed E-state index contributed by atoms with van der Waals surface area (Å²) in [6.45, 7) is 0. The van der Waals surface area contributed by atoms with Gasteiger partial charge in [-0.2, -0.15) is 10.4 Å². The van der Waals surface area contributed by atoms with E-state index in [1.165, 1.54) is 6.20 Å². The van der Waals surface area contributed by atoms with Gasteiger partial charge in [0.05, 0.1) is 17.6 Å². The van der Waals surface area contributed by atoms with Gasteiger partial charge in [0.1, 0.15) is 11.6 Å². The van der Waals surface area contributed by atoms with E-state index in [9.17, 15) is 8.42 Å². The Hall–Kier alpha value is -3.36. The van der Waals surface area contributed by atoms with Crippen molar-refractivity contribution in [1.29, 1.82) is 5.26 Å². The molecule has 0 aliphatic heterocycles. The predicted molar refractivity (Wildman–Crippen MR) is 98.6 cm³/mol. The molecule has 0 bridgehead atoms. The number of benzene rings is 1.